The maximum Gasteiger partial charge on any atom is 0.330 e. The monoisotopic (exact) mass is 311 g/mol. The highest BCUT2D eigenvalue weighted by molar-refractivity contribution is 5.75. The van der Waals surface area contributed by atoms with Crippen LogP contribution in [0.25, 0.3) is 11.0 Å². The van der Waals surface area contributed by atoms with Crippen LogP contribution in [0.4, 0.5) is 0 Å². The lowest BCUT2D eigenvalue weighted by Crippen LogP contribution is -2.42. The fraction of sp³-hybridized carbons (Fsp3) is 0.125. The van der Waals surface area contributed by atoms with E-state index in [-0.39, 0.29) is 17.5 Å². The quantitative estimate of drug-likeness (QED) is 0.746. The van der Waals surface area contributed by atoms with E-state index in [1.165, 1.54) is 12.3 Å². The molecule has 7 nitrogen and oxygen atoms in total. The van der Waals surface area contributed by atoms with E-state index in [1.54, 1.807) is 36.4 Å². The molecule has 0 fully saturated rings. The Bertz CT molecular complexity index is 976. The van der Waals surface area contributed by atoms with Gasteiger partial charge in [-0.15, -0.1) is 0 Å². The molecule has 0 spiro atoms. The van der Waals surface area contributed by atoms with Crippen molar-refractivity contribution in [1.29, 1.82) is 0 Å². The minimum atomic E-state index is -1.29. The van der Waals surface area contributed by atoms with E-state index in [1.807, 2.05) is 0 Å². The summed E-state index contributed by atoms with van der Waals surface area (Å²) in [6, 6.07) is 10.6. The van der Waals surface area contributed by atoms with Gasteiger partial charge >= 0.3 is 11.7 Å². The summed E-state index contributed by atoms with van der Waals surface area (Å²) in [5.41, 5.74) is -0.593. The van der Waals surface area contributed by atoms with Gasteiger partial charge in [0.1, 0.15) is 11.7 Å². The van der Waals surface area contributed by atoms with Crippen molar-refractivity contribution in [3.8, 4) is 0 Å². The highest BCUT2D eigenvalue weighted by Crippen LogP contribution is 2.12. The minimum absolute atomic E-state index is 0.0327. The van der Waals surface area contributed by atoms with Gasteiger partial charge in [0.15, 0.2) is 0 Å². The number of H-pyrrole nitrogens is 1. The molecule has 0 aliphatic carbocycles. The van der Waals surface area contributed by atoms with Gasteiger partial charge in [0.05, 0.1) is 5.39 Å². The molecule has 23 heavy (non-hydrogen) atoms. The van der Waals surface area contributed by atoms with Gasteiger partial charge in [-0.1, -0.05) is 30.3 Å². The Labute approximate surface area is 129 Å². The second-order valence-corrected chi connectivity index (χ2v) is 5.05. The molecule has 1 atom stereocenters. The van der Waals surface area contributed by atoms with Crippen LogP contribution in [-0.4, -0.2) is 25.6 Å². The number of nitrogens with one attached hydrogen (secondary N) is 1. The summed E-state index contributed by atoms with van der Waals surface area (Å²) in [7, 11) is 0. The lowest BCUT2D eigenvalue weighted by atomic mass is 10.1. The molecular weight excluding hydrogens is 298 g/mol. The average Bonchev–Trinajstić information content (AvgIpc) is 2.54. The summed E-state index contributed by atoms with van der Waals surface area (Å²) in [6.45, 7) is 0. The zero-order chi connectivity index (χ0) is 16.4. The van der Waals surface area contributed by atoms with Gasteiger partial charge in [-0.3, -0.25) is 9.78 Å². The van der Waals surface area contributed by atoms with Gasteiger partial charge in [0.25, 0.3) is 5.56 Å². The Hall–Kier alpha value is -3.22. The molecule has 0 saturated heterocycles. The Morgan fingerprint density at radius 1 is 1.17 bits per heavy atom. The van der Waals surface area contributed by atoms with Crippen molar-refractivity contribution in [3.63, 3.8) is 0 Å². The number of rotatable bonds is 4. The van der Waals surface area contributed by atoms with Crippen molar-refractivity contribution in [2.24, 2.45) is 0 Å². The lowest BCUT2D eigenvalue weighted by Gasteiger charge is -2.15. The second-order valence-electron chi connectivity index (χ2n) is 5.05. The first kappa shape index (κ1) is 14.7. The van der Waals surface area contributed by atoms with Crippen LogP contribution in [0.15, 0.2) is 58.3 Å². The third-order valence-electron chi connectivity index (χ3n) is 3.57. The van der Waals surface area contributed by atoms with Crippen molar-refractivity contribution in [3.05, 3.63) is 75.1 Å². The summed E-state index contributed by atoms with van der Waals surface area (Å²) in [5.74, 6) is -1.25. The minimum Gasteiger partial charge on any atom is -0.480 e. The zero-order valence-electron chi connectivity index (χ0n) is 12.0. The van der Waals surface area contributed by atoms with Crippen LogP contribution < -0.4 is 11.2 Å². The predicted octanol–water partition coefficient (Wildman–Crippen LogP) is 0.953. The zero-order valence-corrected chi connectivity index (χ0v) is 12.0. The third kappa shape index (κ3) is 2.76. The first-order chi connectivity index (χ1) is 11.1. The molecule has 116 valence electrons. The van der Waals surface area contributed by atoms with Gasteiger partial charge in [0, 0.05) is 12.6 Å². The molecule has 0 aliphatic rings. The first-order valence-electron chi connectivity index (χ1n) is 6.94. The van der Waals surface area contributed by atoms with Crippen LogP contribution in [0, 0.1) is 0 Å². The van der Waals surface area contributed by atoms with Crippen molar-refractivity contribution in [1.82, 2.24) is 14.5 Å². The first-order valence-corrected chi connectivity index (χ1v) is 6.94. The molecule has 0 radical (unpaired) electrons. The summed E-state index contributed by atoms with van der Waals surface area (Å²) < 4.78 is 0.735. The number of pyridine rings is 1. The van der Waals surface area contributed by atoms with Gasteiger partial charge < -0.3 is 5.11 Å². The Morgan fingerprint density at radius 2 is 1.91 bits per heavy atom. The Balaban J connectivity index is 2.17. The molecule has 0 bridgehead atoms. The molecule has 3 aromatic rings. The van der Waals surface area contributed by atoms with Gasteiger partial charge in [-0.2, -0.15) is 0 Å². The van der Waals surface area contributed by atoms with Crippen LogP contribution in [0.5, 0.6) is 0 Å². The predicted molar refractivity (Wildman–Crippen MR) is 83.4 cm³/mol. The van der Waals surface area contributed by atoms with Crippen LogP contribution in [0.1, 0.15) is 11.6 Å². The molecule has 2 heterocycles. The van der Waals surface area contributed by atoms with Crippen LogP contribution in [-0.2, 0) is 11.2 Å². The molecule has 0 saturated carbocycles. The van der Waals surface area contributed by atoms with E-state index in [0.717, 1.165) is 10.1 Å². The van der Waals surface area contributed by atoms with E-state index in [0.29, 0.717) is 0 Å². The summed E-state index contributed by atoms with van der Waals surface area (Å²) in [6.07, 6.45) is 1.48. The van der Waals surface area contributed by atoms with E-state index in [4.69, 9.17) is 0 Å². The van der Waals surface area contributed by atoms with E-state index >= 15 is 0 Å². The third-order valence-corrected chi connectivity index (χ3v) is 3.57. The summed E-state index contributed by atoms with van der Waals surface area (Å²) in [4.78, 5) is 42.7. The Kier molecular flexibility index (Phi) is 3.76. The maximum atomic E-state index is 12.5. The molecule has 0 aliphatic heterocycles. The number of nitrogens with zero attached hydrogens (tertiary/aromatic N) is 2. The number of fused-ring (bicyclic) bond motifs is 1. The summed E-state index contributed by atoms with van der Waals surface area (Å²) >= 11 is 0. The number of benzene rings is 1. The van der Waals surface area contributed by atoms with E-state index in [9.17, 15) is 19.5 Å². The lowest BCUT2D eigenvalue weighted by molar-refractivity contribution is -0.141. The van der Waals surface area contributed by atoms with E-state index in [2.05, 4.69) is 9.97 Å². The highest BCUT2D eigenvalue weighted by atomic mass is 16.4. The number of aliphatic carboxylic acids is 1. The molecule has 1 aromatic carbocycles. The topological polar surface area (TPSA) is 105 Å². The van der Waals surface area contributed by atoms with Crippen molar-refractivity contribution in [2.45, 2.75) is 12.5 Å². The van der Waals surface area contributed by atoms with Crippen molar-refractivity contribution < 1.29 is 9.90 Å². The number of carboxylic acids is 1. The van der Waals surface area contributed by atoms with Crippen LogP contribution in [0.2, 0.25) is 0 Å². The van der Waals surface area contributed by atoms with Crippen LogP contribution in [0.3, 0.4) is 0 Å². The number of carbonyl (C=O) groups is 1. The number of hydrogen-bond donors (Lipinski definition) is 2. The molecule has 7 heteroatoms. The SMILES string of the molecule is O=C(O)C(Cc1ccccc1)n1c(=O)[nH]c2ncccc2c1=O. The number of aromatic nitrogens is 3. The second kappa shape index (κ2) is 5.88. The summed E-state index contributed by atoms with van der Waals surface area (Å²) in [5, 5.41) is 9.65. The molecule has 0 amide bonds. The molecule has 2 aromatic heterocycles. The fourth-order valence-electron chi connectivity index (χ4n) is 2.47. The number of aromatic amines is 1. The van der Waals surface area contributed by atoms with Crippen molar-refractivity contribution in [2.75, 3.05) is 0 Å². The molecule has 2 N–H and O–H groups in total. The van der Waals surface area contributed by atoms with Gasteiger partial charge in [0.2, 0.25) is 0 Å². The Morgan fingerprint density at radius 3 is 2.61 bits per heavy atom. The standard InChI is InChI=1S/C16H13N3O4/c20-14-11-7-4-8-17-13(11)18-16(23)19(14)12(15(21)22)9-10-5-2-1-3-6-10/h1-8,12H,9H2,(H,21,22)(H,17,18,23). The largest absolute Gasteiger partial charge is 0.480 e. The molecular formula is C16H13N3O4. The van der Waals surface area contributed by atoms with Crippen molar-refractivity contribution >= 4 is 17.0 Å². The van der Waals surface area contributed by atoms with E-state index < -0.39 is 23.3 Å². The normalized spacial score (nSPS) is 12.2. The van der Waals surface area contributed by atoms with Crippen LogP contribution >= 0.6 is 0 Å². The molecule has 3 rings (SSSR count). The number of carboxylic acid groups (broad SMARTS) is 1. The molecule has 1 unspecified atom stereocenters. The number of hydrogen-bond acceptors (Lipinski definition) is 4. The smallest absolute Gasteiger partial charge is 0.330 e. The van der Waals surface area contributed by atoms with Gasteiger partial charge in [-0.25, -0.2) is 19.1 Å². The van der Waals surface area contributed by atoms with Gasteiger partial charge in [-0.05, 0) is 17.7 Å². The highest BCUT2D eigenvalue weighted by Gasteiger charge is 2.24. The fourth-order valence-corrected chi connectivity index (χ4v) is 2.47. The average molecular weight is 311 g/mol. The maximum absolute atomic E-state index is 12.5.